The number of benzene rings is 4. The number of hydrogen-bond acceptors (Lipinski definition) is 25. The topological polar surface area (TPSA) is 409 Å². The third-order valence-corrected chi connectivity index (χ3v) is 18.1. The van der Waals surface area contributed by atoms with Crippen LogP contribution in [0.4, 0.5) is 15.3 Å². The fourth-order valence-corrected chi connectivity index (χ4v) is 13.1. The molecule has 3 aliphatic carbocycles. The van der Waals surface area contributed by atoms with Crippen molar-refractivity contribution >= 4 is 59.5 Å². The first-order chi connectivity index (χ1) is 43.9. The van der Waals surface area contributed by atoms with Gasteiger partial charge in [-0.3, -0.25) is 19.2 Å². The second-order valence-corrected chi connectivity index (χ2v) is 24.2. The molecule has 4 aromatic carbocycles. The van der Waals surface area contributed by atoms with Crippen molar-refractivity contribution in [3.8, 4) is 5.75 Å². The molecule has 5 aliphatic rings. The van der Waals surface area contributed by atoms with Crippen LogP contribution in [0.3, 0.4) is 0 Å². The zero-order chi connectivity index (χ0) is 67.6. The fourth-order valence-electron chi connectivity index (χ4n) is 13.1. The van der Waals surface area contributed by atoms with Crippen LogP contribution in [0.2, 0.25) is 0 Å². The van der Waals surface area contributed by atoms with E-state index in [9.17, 15) is 64.2 Å². The monoisotopic (exact) mass is 1300 g/mol. The molecule has 2 saturated heterocycles. The van der Waals surface area contributed by atoms with Gasteiger partial charge in [0.05, 0.1) is 41.8 Å². The molecule has 28 heteroatoms. The van der Waals surface area contributed by atoms with Gasteiger partial charge in [0.25, 0.3) is 5.91 Å². The van der Waals surface area contributed by atoms with Crippen molar-refractivity contribution in [2.24, 2.45) is 16.7 Å². The number of carboxylic acid groups (broad SMARTS) is 1. The molecule has 0 spiro atoms. The molecule has 16 atom stereocenters. The molecule has 2 bridgehead atoms. The van der Waals surface area contributed by atoms with Crippen LogP contribution in [-0.4, -0.2) is 195 Å². The van der Waals surface area contributed by atoms with E-state index in [1.54, 1.807) is 54.6 Å². The Bertz CT molecular complexity index is 3530. The molecule has 2 saturated carbocycles. The first-order valence-electron chi connectivity index (χ1n) is 29.7. The molecule has 0 aromatic heterocycles. The van der Waals surface area contributed by atoms with E-state index in [-0.39, 0.29) is 58.8 Å². The van der Waals surface area contributed by atoms with E-state index in [0.29, 0.717) is 5.56 Å². The lowest BCUT2D eigenvalue weighted by atomic mass is 9.44. The van der Waals surface area contributed by atoms with Gasteiger partial charge < -0.3 is 94.0 Å². The summed E-state index contributed by atoms with van der Waals surface area (Å²) < 4.78 is 58.2. The lowest BCUT2D eigenvalue weighted by Crippen LogP contribution is -2.82. The Labute approximate surface area is 532 Å². The highest BCUT2D eigenvalue weighted by atomic mass is 16.7. The standard InChI is InChI=1S/C65H73N3O25/c1-32-41(29-65(83)54(92-57(79)38-21-15-10-16-22-38)52-63(6,42(71)28-43-64(52,31-86-43)93-34(3)70)53(75)49(87-33(2)69)44(32)62(65,4)5)88-58(80)50(45(36-17-11-8-12-18-36)67-55(76)37-19-13-9-14-20-37)91-61(82)84-26-25-68(7)60(81)85-30-35-23-24-40(39(66)27-35)89-59-48(74)46(72)47(73)51(90-59)56(77)78/h8-24,27,41-43,45-52,54,59,71-74,83H,25-26,28-31,66H2,1-7H3,(H,67,76)(H,77,78)/t41-,42-,43+,45-,46-,47-,48+,49+,50+,51-,52?,54-,59+,63+,64-,65+/m0/s1. The predicted octanol–water partition coefficient (Wildman–Crippen LogP) is 3.02. The maximum absolute atomic E-state index is 15.9. The number of carbonyl (C=O) groups is 9. The fraction of sp³-hybridized carbons (Fsp3) is 0.462. The SMILES string of the molecule is CC(=O)O[C@H]1C(=O)[C@@]2(C)C([C@H](OC(=O)c3ccccc3)[C@]3(O)C[C@H](OC(=O)[C@H](OC(=O)OCCN(C)C(=O)OCc4ccc(O[C@@H]5O[C@H](C(=O)O)[C@@H](O)[C@H](O)[C@H]5O)c(N)c4)[C@@H](NC(=O)c4ccccc4)c4ccccc4)C(C)=C1C3(C)C)[C@]1(OC(C)=O)CO[C@@H]1C[C@@H]2O. The number of anilines is 1. The second kappa shape index (κ2) is 27.3. The number of nitrogens with one attached hydrogen (secondary N) is 1. The van der Waals surface area contributed by atoms with E-state index in [1.807, 2.05) is 0 Å². The van der Waals surface area contributed by atoms with E-state index >= 15 is 9.59 Å². The van der Waals surface area contributed by atoms with Crippen molar-refractivity contribution in [2.45, 2.75) is 146 Å². The summed E-state index contributed by atoms with van der Waals surface area (Å²) in [6.07, 6.45) is -23.6. The van der Waals surface area contributed by atoms with Gasteiger partial charge in [0.1, 0.15) is 67.2 Å². The first-order valence-corrected chi connectivity index (χ1v) is 29.7. The summed E-state index contributed by atoms with van der Waals surface area (Å²) in [5, 5.41) is 69.1. The Kier molecular flexibility index (Phi) is 20.0. The molecule has 4 fully saturated rings. The average molecular weight is 1300 g/mol. The van der Waals surface area contributed by atoms with Crippen molar-refractivity contribution < 1.29 is 121 Å². The number of ether oxygens (including phenoxy) is 10. The Morgan fingerprint density at radius 3 is 2.02 bits per heavy atom. The number of aliphatic carboxylic acids is 1. The number of rotatable bonds is 19. The minimum atomic E-state index is -2.58. The number of fused-ring (bicyclic) bond motifs is 5. The maximum Gasteiger partial charge on any atom is 0.509 e. The Hall–Kier alpha value is -9.03. The normalized spacial score (nSPS) is 29.8. The number of nitrogen functional groups attached to an aromatic ring is 1. The number of hydrogen-bond donors (Lipinski definition) is 8. The third kappa shape index (κ3) is 13.3. The van der Waals surface area contributed by atoms with Crippen LogP contribution in [0.1, 0.15) is 92.3 Å². The highest BCUT2D eigenvalue weighted by Crippen LogP contribution is 2.64. The first kappa shape index (κ1) is 68.3. The summed E-state index contributed by atoms with van der Waals surface area (Å²) in [5.41, 5.74) is -1.93. The minimum absolute atomic E-state index is 0.0136. The van der Waals surface area contributed by atoms with Gasteiger partial charge >= 0.3 is 42.1 Å². The number of nitrogens with two attached hydrogens (primary N) is 1. The lowest BCUT2D eigenvalue weighted by molar-refractivity contribution is -0.346. The summed E-state index contributed by atoms with van der Waals surface area (Å²) >= 11 is 0. The van der Waals surface area contributed by atoms with Crippen molar-refractivity contribution in [1.29, 1.82) is 0 Å². The quantitative estimate of drug-likeness (QED) is 0.0289. The summed E-state index contributed by atoms with van der Waals surface area (Å²) in [7, 11) is 1.30. The van der Waals surface area contributed by atoms with Gasteiger partial charge in [-0.25, -0.2) is 24.0 Å². The van der Waals surface area contributed by atoms with E-state index in [4.69, 9.17) is 53.1 Å². The Morgan fingerprint density at radius 1 is 0.796 bits per heavy atom. The van der Waals surface area contributed by atoms with Gasteiger partial charge in [-0.05, 0) is 72.5 Å². The number of amides is 2. The zero-order valence-corrected chi connectivity index (χ0v) is 51.6. The lowest BCUT2D eigenvalue weighted by Gasteiger charge is -2.67. The van der Waals surface area contributed by atoms with Gasteiger partial charge in [0.2, 0.25) is 12.4 Å². The van der Waals surface area contributed by atoms with Crippen molar-refractivity contribution in [1.82, 2.24) is 10.2 Å². The van der Waals surface area contributed by atoms with Crippen LogP contribution < -0.4 is 15.8 Å². The van der Waals surface area contributed by atoms with Gasteiger partial charge in [-0.2, -0.15) is 0 Å². The van der Waals surface area contributed by atoms with Crippen LogP contribution in [0.15, 0.2) is 120 Å². The molecule has 9 N–H and O–H groups in total. The number of carbonyl (C=O) groups excluding carboxylic acids is 8. The average Bonchev–Trinajstić information content (AvgIpc) is 0.670. The summed E-state index contributed by atoms with van der Waals surface area (Å²) in [4.78, 5) is 127. The number of esters is 4. The summed E-state index contributed by atoms with van der Waals surface area (Å²) in [5.74, 6) is -9.41. The molecule has 2 aliphatic heterocycles. The minimum Gasteiger partial charge on any atom is -0.479 e. The Morgan fingerprint density at radius 2 is 1.43 bits per heavy atom. The summed E-state index contributed by atoms with van der Waals surface area (Å²) in [6, 6.07) is 25.6. The van der Waals surface area contributed by atoms with Crippen LogP contribution in [0.5, 0.6) is 5.75 Å². The molecule has 4 aromatic rings. The molecular formula is C65H73N3O25. The molecule has 1 unspecified atom stereocenters. The number of aliphatic hydroxyl groups is 5. The van der Waals surface area contributed by atoms with Gasteiger partial charge in [-0.1, -0.05) is 86.6 Å². The van der Waals surface area contributed by atoms with E-state index in [0.717, 1.165) is 18.7 Å². The number of Topliss-reactive ketones (excluding diaryl/α,β-unsaturated/α-hetero) is 1. The second-order valence-electron chi connectivity index (χ2n) is 24.2. The predicted molar refractivity (Wildman–Crippen MR) is 317 cm³/mol. The molecule has 2 heterocycles. The largest absolute Gasteiger partial charge is 0.509 e. The molecule has 9 rings (SSSR count). The van der Waals surface area contributed by atoms with E-state index < -0.39 is 175 Å². The molecule has 28 nitrogen and oxygen atoms in total. The van der Waals surface area contributed by atoms with E-state index in [2.05, 4.69) is 5.32 Å². The number of carboxylic acids is 1. The van der Waals surface area contributed by atoms with Crippen LogP contribution in [-0.2, 0) is 73.2 Å². The van der Waals surface area contributed by atoms with Crippen LogP contribution in [0, 0.1) is 16.7 Å². The highest BCUT2D eigenvalue weighted by molar-refractivity contribution is 5.96. The van der Waals surface area contributed by atoms with Crippen LogP contribution in [0.25, 0.3) is 0 Å². The third-order valence-electron chi connectivity index (χ3n) is 18.1. The van der Waals surface area contributed by atoms with Crippen molar-refractivity contribution in [2.75, 3.05) is 32.5 Å². The number of likely N-dealkylation sites (N-methyl/N-ethyl adjacent to an activating group) is 1. The van der Waals surface area contributed by atoms with Crippen molar-refractivity contribution in [3.05, 3.63) is 143 Å². The Balaban J connectivity index is 1.01. The van der Waals surface area contributed by atoms with E-state index in [1.165, 1.54) is 89.3 Å². The number of nitrogens with zero attached hydrogens (tertiary/aromatic N) is 1. The summed E-state index contributed by atoms with van der Waals surface area (Å²) in [6.45, 7) is 6.17. The van der Waals surface area contributed by atoms with Gasteiger partial charge in [0, 0.05) is 44.7 Å². The zero-order valence-electron chi connectivity index (χ0n) is 51.6. The highest BCUT2D eigenvalue weighted by Gasteiger charge is 2.78. The molecule has 498 valence electrons. The molecular weight excluding hydrogens is 1220 g/mol. The number of aliphatic hydroxyl groups excluding tert-OH is 4. The van der Waals surface area contributed by atoms with Gasteiger partial charge in [0.15, 0.2) is 23.6 Å². The molecule has 0 radical (unpaired) electrons. The van der Waals surface area contributed by atoms with Crippen LogP contribution >= 0.6 is 0 Å². The van der Waals surface area contributed by atoms with Gasteiger partial charge in [-0.15, -0.1) is 0 Å². The smallest absolute Gasteiger partial charge is 0.479 e. The van der Waals surface area contributed by atoms with Crippen molar-refractivity contribution in [3.63, 3.8) is 0 Å². The number of ketones is 1. The molecule has 2 amide bonds. The maximum atomic E-state index is 15.9. The molecule has 93 heavy (non-hydrogen) atoms.